The molecule has 0 radical (unpaired) electrons. The number of halogens is 2. The van der Waals surface area contributed by atoms with Crippen molar-refractivity contribution in [2.75, 3.05) is 10.7 Å². The lowest BCUT2D eigenvalue weighted by molar-refractivity contribution is -0.125. The summed E-state index contributed by atoms with van der Waals surface area (Å²) in [6, 6.07) is 14.5. The van der Waals surface area contributed by atoms with E-state index >= 15 is 0 Å². The Morgan fingerprint density at radius 2 is 1.52 bits per heavy atom. The highest BCUT2D eigenvalue weighted by atomic mass is 35.5. The average Bonchev–Trinajstić information content (AvgIpc) is 2.93. The minimum absolute atomic E-state index is 0.0108. The number of carbonyl (C=O) groups excluding carboxylic acids is 3. The summed E-state index contributed by atoms with van der Waals surface area (Å²) in [5.41, 5.74) is 0.956. The van der Waals surface area contributed by atoms with E-state index < -0.39 is 45.0 Å². The summed E-state index contributed by atoms with van der Waals surface area (Å²) < 4.78 is 40.3. The molecular formula is C30H30ClFN2O5S. The number of nitrogens with zero attached hydrogens (tertiary/aromatic N) is 1. The number of carbonyl (C=O) groups is 3. The number of rotatable bonds is 9. The molecule has 10 heteroatoms. The largest absolute Gasteiger partial charge is 0.351 e. The summed E-state index contributed by atoms with van der Waals surface area (Å²) in [5, 5.41) is 3.27. The van der Waals surface area contributed by atoms with E-state index in [1.54, 1.807) is 19.1 Å². The molecule has 0 heterocycles. The van der Waals surface area contributed by atoms with Crippen molar-refractivity contribution in [3.63, 3.8) is 0 Å². The van der Waals surface area contributed by atoms with E-state index in [4.69, 9.17) is 11.6 Å². The molecule has 0 unspecified atom stereocenters. The maximum atomic E-state index is 13.9. The molecule has 4 rings (SSSR count). The van der Waals surface area contributed by atoms with Gasteiger partial charge in [-0.1, -0.05) is 48.6 Å². The van der Waals surface area contributed by atoms with Crippen LogP contribution in [-0.4, -0.2) is 43.9 Å². The molecule has 1 N–H and O–H groups in total. The number of amides is 2. The minimum atomic E-state index is -4.15. The van der Waals surface area contributed by atoms with Crippen LogP contribution < -0.4 is 10.2 Å². The summed E-state index contributed by atoms with van der Waals surface area (Å²) in [7, 11) is -4.15. The molecule has 3 aromatic carbocycles. The molecule has 1 atom stereocenters. The van der Waals surface area contributed by atoms with Gasteiger partial charge in [-0.3, -0.25) is 19.3 Å². The molecule has 3 aromatic rings. The van der Waals surface area contributed by atoms with Crippen molar-refractivity contribution in [3.8, 4) is 0 Å². The van der Waals surface area contributed by atoms with E-state index in [1.165, 1.54) is 48.5 Å². The highest BCUT2D eigenvalue weighted by Crippen LogP contribution is 2.25. The molecular weight excluding hydrogens is 555 g/mol. The fourth-order valence-electron chi connectivity index (χ4n) is 4.75. The first-order chi connectivity index (χ1) is 19.0. The number of ketones is 1. The van der Waals surface area contributed by atoms with Crippen molar-refractivity contribution in [3.05, 3.63) is 94.8 Å². The molecule has 40 heavy (non-hydrogen) atoms. The van der Waals surface area contributed by atoms with Crippen LogP contribution in [0.15, 0.2) is 77.7 Å². The first-order valence-corrected chi connectivity index (χ1v) is 15.1. The first kappa shape index (κ1) is 29.4. The van der Waals surface area contributed by atoms with Crippen LogP contribution in [0.4, 0.5) is 10.1 Å². The van der Waals surface area contributed by atoms with Crippen LogP contribution in [0.2, 0.25) is 5.02 Å². The maximum Gasteiger partial charge on any atom is 0.251 e. The van der Waals surface area contributed by atoms with Crippen molar-refractivity contribution >= 4 is 44.7 Å². The van der Waals surface area contributed by atoms with Crippen molar-refractivity contribution in [1.82, 2.24) is 5.32 Å². The number of sulfone groups is 1. The fraction of sp³-hybridized carbons (Fsp3) is 0.300. The summed E-state index contributed by atoms with van der Waals surface area (Å²) in [4.78, 5) is 42.3. The zero-order chi connectivity index (χ0) is 28.9. The molecule has 2 amide bonds. The summed E-state index contributed by atoms with van der Waals surface area (Å²) in [6.07, 6.45) is 4.31. The summed E-state index contributed by atoms with van der Waals surface area (Å²) in [5.74, 6) is -4.07. The molecule has 0 aromatic heterocycles. The van der Waals surface area contributed by atoms with Crippen LogP contribution in [0.25, 0.3) is 0 Å². The highest BCUT2D eigenvalue weighted by molar-refractivity contribution is 7.92. The van der Waals surface area contributed by atoms with Crippen LogP contribution in [0.3, 0.4) is 0 Å². The fourth-order valence-corrected chi connectivity index (χ4v) is 6.06. The molecule has 0 bridgehead atoms. The first-order valence-electron chi connectivity index (χ1n) is 13.0. The van der Waals surface area contributed by atoms with Gasteiger partial charge >= 0.3 is 0 Å². The van der Waals surface area contributed by atoms with E-state index in [1.807, 2.05) is 0 Å². The number of aryl methyl sites for hydroxylation is 1. The van der Waals surface area contributed by atoms with Crippen molar-refractivity contribution in [2.24, 2.45) is 0 Å². The van der Waals surface area contributed by atoms with Gasteiger partial charge < -0.3 is 5.32 Å². The Labute approximate surface area is 238 Å². The molecule has 0 aliphatic heterocycles. The van der Waals surface area contributed by atoms with Crippen molar-refractivity contribution in [2.45, 2.75) is 56.0 Å². The second-order valence-electron chi connectivity index (χ2n) is 9.93. The SMILES string of the molecule is Cc1ccc(S(=O)(=O)CC(=O)N(c2ccc(F)cc2)[C@H](C(=O)NC2CCCCC2)C(=O)c2ccc(Cl)cc2)cc1. The predicted octanol–water partition coefficient (Wildman–Crippen LogP) is 5.29. The van der Waals surface area contributed by atoms with Gasteiger partial charge in [0.25, 0.3) is 5.91 Å². The lowest BCUT2D eigenvalue weighted by Crippen LogP contribution is -2.57. The van der Waals surface area contributed by atoms with Gasteiger partial charge in [0.05, 0.1) is 4.90 Å². The Bertz CT molecular complexity index is 1470. The van der Waals surface area contributed by atoms with E-state index in [9.17, 15) is 27.2 Å². The second kappa shape index (κ2) is 12.7. The topological polar surface area (TPSA) is 101 Å². The maximum absolute atomic E-state index is 13.9. The molecule has 1 fully saturated rings. The Balaban J connectivity index is 1.77. The molecule has 1 aliphatic carbocycles. The number of hydrogen-bond donors (Lipinski definition) is 1. The van der Waals surface area contributed by atoms with Crippen molar-refractivity contribution in [1.29, 1.82) is 0 Å². The molecule has 210 valence electrons. The van der Waals surface area contributed by atoms with Crippen LogP contribution in [0.1, 0.15) is 48.0 Å². The third kappa shape index (κ3) is 7.14. The Morgan fingerprint density at radius 1 is 0.925 bits per heavy atom. The lowest BCUT2D eigenvalue weighted by Gasteiger charge is -2.32. The van der Waals surface area contributed by atoms with E-state index in [0.717, 1.165) is 54.7 Å². The van der Waals surface area contributed by atoms with E-state index in [2.05, 4.69) is 5.32 Å². The quantitative estimate of drug-likeness (QED) is 0.272. The standard InChI is InChI=1S/C30H30ClFN2O5S/c1-20-7-17-26(18-8-20)40(38,39)19-27(35)34(25-15-13-23(32)14-16-25)28(29(36)21-9-11-22(31)12-10-21)30(37)33-24-5-3-2-4-6-24/h7-18,24,28H,2-6,19H2,1H3,(H,33,37)/t28-/m0/s1. The predicted molar refractivity (Wildman–Crippen MR) is 152 cm³/mol. The van der Waals surface area contributed by atoms with Gasteiger partial charge in [0.1, 0.15) is 11.6 Å². The van der Waals surface area contributed by atoms with Gasteiger partial charge in [-0.25, -0.2) is 12.8 Å². The van der Waals surface area contributed by atoms with Gasteiger partial charge in [-0.15, -0.1) is 0 Å². The smallest absolute Gasteiger partial charge is 0.251 e. The van der Waals surface area contributed by atoms with Gasteiger partial charge in [-0.2, -0.15) is 0 Å². The number of hydrogen-bond acceptors (Lipinski definition) is 5. The van der Waals surface area contributed by atoms with E-state index in [0.29, 0.717) is 5.02 Å². The molecule has 1 saturated carbocycles. The third-order valence-corrected chi connectivity index (χ3v) is 8.77. The van der Waals surface area contributed by atoms with Crippen molar-refractivity contribution < 1.29 is 27.2 Å². The van der Waals surface area contributed by atoms with E-state index in [-0.39, 0.29) is 22.2 Å². The normalized spacial score (nSPS) is 14.8. The Hall–Kier alpha value is -3.56. The lowest BCUT2D eigenvalue weighted by atomic mass is 9.94. The van der Waals surface area contributed by atoms with Gasteiger partial charge in [0, 0.05) is 22.3 Å². The van der Waals surface area contributed by atoms with Gasteiger partial charge in [0.2, 0.25) is 5.91 Å². The molecule has 7 nitrogen and oxygen atoms in total. The third-order valence-electron chi connectivity index (χ3n) is 6.90. The second-order valence-corrected chi connectivity index (χ2v) is 12.4. The van der Waals surface area contributed by atoms with Crippen LogP contribution in [-0.2, 0) is 19.4 Å². The summed E-state index contributed by atoms with van der Waals surface area (Å²) >= 11 is 5.99. The van der Waals surface area contributed by atoms with Gasteiger partial charge in [-0.05, 0) is 80.4 Å². The molecule has 0 saturated heterocycles. The Kier molecular flexibility index (Phi) is 9.37. The average molecular weight is 585 g/mol. The minimum Gasteiger partial charge on any atom is -0.351 e. The number of Topliss-reactive ketones (excluding diaryl/α,β-unsaturated/α-hetero) is 1. The summed E-state index contributed by atoms with van der Waals surface area (Å²) in [6.45, 7) is 1.80. The zero-order valence-electron chi connectivity index (χ0n) is 22.0. The molecule has 1 aliphatic rings. The number of nitrogens with one attached hydrogen (secondary N) is 1. The molecule has 0 spiro atoms. The zero-order valence-corrected chi connectivity index (χ0v) is 23.6. The monoisotopic (exact) mass is 584 g/mol. The number of anilines is 1. The van der Waals surface area contributed by atoms with Crippen LogP contribution in [0, 0.1) is 12.7 Å². The number of benzene rings is 3. The van der Waals surface area contributed by atoms with Crippen LogP contribution in [0.5, 0.6) is 0 Å². The van der Waals surface area contributed by atoms with Gasteiger partial charge in [0.15, 0.2) is 21.7 Å². The Morgan fingerprint density at radius 3 is 2.12 bits per heavy atom. The van der Waals surface area contributed by atoms with Crippen LogP contribution >= 0.6 is 11.6 Å². The highest BCUT2D eigenvalue weighted by Gasteiger charge is 2.40.